The van der Waals surface area contributed by atoms with Crippen LogP contribution in [0.1, 0.15) is 6.92 Å². The maximum atomic E-state index is 12.0. The first-order valence-electron chi connectivity index (χ1n) is 9.30. The van der Waals surface area contributed by atoms with Gasteiger partial charge in [0, 0.05) is 34.6 Å². The summed E-state index contributed by atoms with van der Waals surface area (Å²) in [6.45, 7) is 1.80. The Morgan fingerprint density at radius 2 is 1.97 bits per heavy atom. The third kappa shape index (κ3) is 5.25. The van der Waals surface area contributed by atoms with Crippen LogP contribution in [0.4, 0.5) is 17.5 Å². The Labute approximate surface area is 176 Å². The molecule has 9 heteroatoms. The number of nitrogens with zero attached hydrogens (tertiary/aromatic N) is 2. The molecule has 2 aromatic carbocycles. The van der Waals surface area contributed by atoms with E-state index in [4.69, 9.17) is 9.52 Å². The molecule has 1 unspecified atom stereocenters. The van der Waals surface area contributed by atoms with E-state index in [0.29, 0.717) is 22.3 Å². The number of nitrogens with one attached hydrogen (secondary N) is 3. The highest BCUT2D eigenvalue weighted by Gasteiger charge is 2.13. The average molecular weight is 428 g/mol. The lowest BCUT2D eigenvalue weighted by atomic mass is 10.1. The van der Waals surface area contributed by atoms with E-state index in [1.807, 2.05) is 31.2 Å². The lowest BCUT2D eigenvalue weighted by Crippen LogP contribution is -2.21. The number of aromatic nitrogens is 2. The predicted octanol–water partition coefficient (Wildman–Crippen LogP) is 3.72. The summed E-state index contributed by atoms with van der Waals surface area (Å²) >= 11 is 0. The Kier molecular flexibility index (Phi) is 6.53. The Morgan fingerprint density at radius 3 is 2.60 bits per heavy atom. The van der Waals surface area contributed by atoms with Gasteiger partial charge >= 0.3 is 0 Å². The molecule has 1 aromatic heterocycles. The number of rotatable bonds is 8. The highest BCUT2D eigenvalue weighted by atomic mass is 32.2. The number of hydrogen-bond acceptors (Lipinski definition) is 8. The second kappa shape index (κ2) is 9.10. The van der Waals surface area contributed by atoms with Crippen LogP contribution in [-0.2, 0) is 9.73 Å². The van der Waals surface area contributed by atoms with Gasteiger partial charge in [0.25, 0.3) is 0 Å². The lowest BCUT2D eigenvalue weighted by molar-refractivity contribution is 0.281. The van der Waals surface area contributed by atoms with Gasteiger partial charge in [-0.05, 0) is 42.8 Å². The minimum Gasteiger partial charge on any atom is -0.497 e. The van der Waals surface area contributed by atoms with E-state index in [1.165, 1.54) is 6.26 Å². The quantitative estimate of drug-likeness (QED) is 0.432. The minimum absolute atomic E-state index is 0.0504. The third-order valence-corrected chi connectivity index (χ3v) is 5.54. The van der Waals surface area contributed by atoms with Crippen molar-refractivity contribution in [2.24, 2.45) is 0 Å². The highest BCUT2D eigenvalue weighted by molar-refractivity contribution is 7.91. The van der Waals surface area contributed by atoms with Crippen LogP contribution in [0.15, 0.2) is 59.6 Å². The second-order valence-corrected chi connectivity index (χ2v) is 9.07. The molecule has 8 nitrogen and oxygen atoms in total. The van der Waals surface area contributed by atoms with Crippen molar-refractivity contribution in [3.8, 4) is 16.9 Å². The van der Waals surface area contributed by atoms with Crippen molar-refractivity contribution in [1.29, 1.82) is 4.78 Å². The minimum atomic E-state index is -2.82. The summed E-state index contributed by atoms with van der Waals surface area (Å²) in [5.41, 5.74) is 2.31. The first-order valence-corrected chi connectivity index (χ1v) is 11.3. The fourth-order valence-corrected chi connectivity index (χ4v) is 3.45. The summed E-state index contributed by atoms with van der Waals surface area (Å²) in [5.74, 6) is 1.65. The van der Waals surface area contributed by atoms with E-state index in [1.54, 1.807) is 37.6 Å². The molecule has 30 heavy (non-hydrogen) atoms. The van der Waals surface area contributed by atoms with Crippen LogP contribution in [0.3, 0.4) is 0 Å². The van der Waals surface area contributed by atoms with Crippen molar-refractivity contribution in [3.63, 3.8) is 0 Å². The fourth-order valence-electron chi connectivity index (χ4n) is 2.76. The van der Waals surface area contributed by atoms with Crippen molar-refractivity contribution in [3.05, 3.63) is 54.7 Å². The Balaban J connectivity index is 1.96. The molecule has 0 aliphatic rings. The van der Waals surface area contributed by atoms with Gasteiger partial charge in [-0.2, -0.15) is 4.98 Å². The van der Waals surface area contributed by atoms with Crippen LogP contribution in [0.25, 0.3) is 11.1 Å². The summed E-state index contributed by atoms with van der Waals surface area (Å²) < 4.78 is 25.0. The van der Waals surface area contributed by atoms with Crippen LogP contribution in [-0.4, -0.2) is 45.3 Å². The predicted molar refractivity (Wildman–Crippen MR) is 119 cm³/mol. The molecular weight excluding hydrogens is 402 g/mol. The van der Waals surface area contributed by atoms with Crippen LogP contribution in [0, 0.1) is 4.78 Å². The van der Waals surface area contributed by atoms with Gasteiger partial charge in [-0.25, -0.2) is 14.0 Å². The molecule has 0 spiro atoms. The third-order valence-electron chi connectivity index (χ3n) is 4.39. The molecule has 0 amide bonds. The molecule has 158 valence electrons. The molecule has 1 heterocycles. The molecule has 2 atom stereocenters. The molecule has 0 saturated heterocycles. The number of ether oxygens (including phenoxy) is 1. The molecule has 3 rings (SSSR count). The van der Waals surface area contributed by atoms with Crippen LogP contribution in [0.2, 0.25) is 0 Å². The molecule has 3 aromatic rings. The van der Waals surface area contributed by atoms with Gasteiger partial charge in [0.1, 0.15) is 11.6 Å². The van der Waals surface area contributed by atoms with Crippen molar-refractivity contribution in [2.45, 2.75) is 17.9 Å². The average Bonchev–Trinajstić information content (AvgIpc) is 2.73. The topological polar surface area (TPSA) is 120 Å². The summed E-state index contributed by atoms with van der Waals surface area (Å²) in [5, 5.41) is 15.7. The zero-order valence-corrected chi connectivity index (χ0v) is 17.9. The van der Waals surface area contributed by atoms with Gasteiger partial charge in [-0.15, -0.1) is 0 Å². The monoisotopic (exact) mass is 427 g/mol. The molecule has 0 aliphatic carbocycles. The van der Waals surface area contributed by atoms with E-state index in [2.05, 4.69) is 20.6 Å². The van der Waals surface area contributed by atoms with Crippen molar-refractivity contribution in [1.82, 2.24) is 9.97 Å². The summed E-state index contributed by atoms with van der Waals surface area (Å²) in [4.78, 5) is 9.40. The molecule has 4 N–H and O–H groups in total. The molecule has 0 radical (unpaired) electrons. The number of methoxy groups -OCH3 is 1. The molecule has 0 bridgehead atoms. The van der Waals surface area contributed by atoms with Gasteiger partial charge in [-0.3, -0.25) is 0 Å². The van der Waals surface area contributed by atoms with E-state index in [0.717, 1.165) is 16.9 Å². The summed E-state index contributed by atoms with van der Waals surface area (Å²) in [6.07, 6.45) is 3.07. The zero-order chi connectivity index (χ0) is 21.7. The summed E-state index contributed by atoms with van der Waals surface area (Å²) in [7, 11) is -1.21. The van der Waals surface area contributed by atoms with Crippen molar-refractivity contribution < 1.29 is 14.1 Å². The van der Waals surface area contributed by atoms with Crippen LogP contribution < -0.4 is 15.4 Å². The second-order valence-electron chi connectivity index (χ2n) is 6.91. The number of aliphatic hydroxyl groups excluding tert-OH is 1. The maximum Gasteiger partial charge on any atom is 0.229 e. The van der Waals surface area contributed by atoms with Gasteiger partial charge < -0.3 is 20.5 Å². The summed E-state index contributed by atoms with van der Waals surface area (Å²) in [6, 6.07) is 14.2. The number of anilines is 3. The standard InChI is InChI=1S/C21H25N5O3S/c1-14(13-27)24-20-19(15-7-9-17(29-2)10-8-15)12-23-21(26-20)25-16-5-4-6-18(11-16)30(3,22)28/h4-12,14,22,27H,13H2,1-3H3,(H2,23,24,25,26)/t14-,30?/m1/s1. The Hall–Kier alpha value is -3.17. The van der Waals surface area contributed by atoms with E-state index >= 15 is 0 Å². The molecule has 0 fully saturated rings. The molecular formula is C21H25N5O3S. The zero-order valence-electron chi connectivity index (χ0n) is 17.0. The highest BCUT2D eigenvalue weighted by Crippen LogP contribution is 2.29. The fraction of sp³-hybridized carbons (Fsp3) is 0.238. The largest absolute Gasteiger partial charge is 0.497 e. The van der Waals surface area contributed by atoms with Gasteiger partial charge in [0.15, 0.2) is 0 Å². The lowest BCUT2D eigenvalue weighted by Gasteiger charge is -2.17. The van der Waals surface area contributed by atoms with Crippen molar-refractivity contribution >= 4 is 27.2 Å². The van der Waals surface area contributed by atoms with Crippen LogP contribution >= 0.6 is 0 Å². The number of aliphatic hydroxyl groups is 1. The van der Waals surface area contributed by atoms with Gasteiger partial charge in [0.05, 0.1) is 23.4 Å². The maximum absolute atomic E-state index is 12.0. The Bertz CT molecular complexity index is 1120. The first-order chi connectivity index (χ1) is 14.3. The SMILES string of the molecule is COc1ccc(-c2cnc(Nc3cccc(S(C)(=N)=O)c3)nc2N[C@H](C)CO)cc1. The van der Waals surface area contributed by atoms with E-state index in [-0.39, 0.29) is 12.6 Å². The number of benzene rings is 2. The van der Waals surface area contributed by atoms with Crippen molar-refractivity contribution in [2.75, 3.05) is 30.6 Å². The van der Waals surface area contributed by atoms with Gasteiger partial charge in [0.2, 0.25) is 5.95 Å². The smallest absolute Gasteiger partial charge is 0.229 e. The van der Waals surface area contributed by atoms with E-state index in [9.17, 15) is 9.32 Å². The van der Waals surface area contributed by atoms with Crippen LogP contribution in [0.5, 0.6) is 5.75 Å². The molecule has 0 aliphatic heterocycles. The first kappa shape index (κ1) is 21.5. The Morgan fingerprint density at radius 1 is 1.23 bits per heavy atom. The van der Waals surface area contributed by atoms with Gasteiger partial charge in [-0.1, -0.05) is 18.2 Å². The molecule has 0 saturated carbocycles. The number of hydrogen-bond donors (Lipinski definition) is 4. The van der Waals surface area contributed by atoms with E-state index < -0.39 is 9.73 Å². The normalized spacial score (nSPS) is 13.9.